The molecule has 0 unspecified atom stereocenters. The number of unbranched alkanes of at least 4 members (excludes halogenated alkanes) is 2. The minimum Gasteiger partial charge on any atom is -0.481 e. The number of nitrogens with zero attached hydrogens (tertiary/aromatic N) is 2. The molecule has 7 heteroatoms. The van der Waals surface area contributed by atoms with Crippen molar-refractivity contribution in [2.45, 2.75) is 57.9 Å². The summed E-state index contributed by atoms with van der Waals surface area (Å²) in [5.41, 5.74) is 1.03. The van der Waals surface area contributed by atoms with Crippen molar-refractivity contribution >= 4 is 22.8 Å². The van der Waals surface area contributed by atoms with E-state index in [-0.39, 0.29) is 17.9 Å². The van der Waals surface area contributed by atoms with Crippen LogP contribution >= 0.6 is 0 Å². The lowest BCUT2D eigenvalue weighted by atomic mass is 10.1. The topological polar surface area (TPSA) is 101 Å². The van der Waals surface area contributed by atoms with Gasteiger partial charge in [0, 0.05) is 31.5 Å². The summed E-state index contributed by atoms with van der Waals surface area (Å²) in [7, 11) is 0. The van der Waals surface area contributed by atoms with E-state index in [2.05, 4.69) is 10.3 Å². The number of hydrogen-bond donors (Lipinski definition) is 2. The molecule has 1 aliphatic heterocycles. The van der Waals surface area contributed by atoms with Crippen LogP contribution in [0.3, 0.4) is 0 Å². The smallest absolute Gasteiger partial charge is 0.303 e. The van der Waals surface area contributed by atoms with Crippen molar-refractivity contribution in [1.29, 1.82) is 0 Å². The molecule has 1 aromatic heterocycles. The maximum absolute atomic E-state index is 12.7. The van der Waals surface area contributed by atoms with Crippen LogP contribution in [0.1, 0.15) is 61.1 Å². The van der Waals surface area contributed by atoms with Crippen molar-refractivity contribution in [3.05, 3.63) is 39.9 Å². The van der Waals surface area contributed by atoms with Gasteiger partial charge in [-0.25, -0.2) is 4.98 Å². The molecule has 0 aliphatic carbocycles. The molecule has 1 amide bonds. The maximum Gasteiger partial charge on any atom is 0.303 e. The second-order valence-corrected chi connectivity index (χ2v) is 6.99. The van der Waals surface area contributed by atoms with Gasteiger partial charge in [-0.15, -0.1) is 0 Å². The highest BCUT2D eigenvalue weighted by molar-refractivity contribution is 5.97. The van der Waals surface area contributed by atoms with Gasteiger partial charge in [-0.1, -0.05) is 12.8 Å². The molecule has 144 valence electrons. The molecule has 0 spiro atoms. The van der Waals surface area contributed by atoms with Crippen LogP contribution in [0.2, 0.25) is 0 Å². The number of carboxylic acid groups (broad SMARTS) is 1. The predicted molar refractivity (Wildman–Crippen MR) is 102 cm³/mol. The molecule has 2 N–H and O–H groups in total. The van der Waals surface area contributed by atoms with Crippen molar-refractivity contribution in [2.24, 2.45) is 0 Å². The number of nitrogens with one attached hydrogen (secondary N) is 1. The highest BCUT2D eigenvalue weighted by Gasteiger charge is 2.15. The number of carboxylic acids is 1. The number of carbonyl (C=O) groups excluding carboxylic acids is 1. The van der Waals surface area contributed by atoms with Gasteiger partial charge < -0.3 is 10.4 Å². The van der Waals surface area contributed by atoms with Gasteiger partial charge in [0.1, 0.15) is 5.82 Å². The molecule has 27 heavy (non-hydrogen) atoms. The SMILES string of the molecule is O=C(O)CCCCCNC(=O)c1ccc2c(=O)n3c(nc2c1)CCCCC3. The number of rotatable bonds is 7. The fraction of sp³-hybridized carbons (Fsp3) is 0.500. The zero-order valence-electron chi connectivity index (χ0n) is 15.4. The number of aromatic nitrogens is 2. The number of aryl methyl sites for hydroxylation is 1. The second kappa shape index (κ2) is 8.79. The van der Waals surface area contributed by atoms with Gasteiger partial charge >= 0.3 is 5.97 Å². The van der Waals surface area contributed by atoms with E-state index in [0.717, 1.165) is 44.3 Å². The number of fused-ring (bicyclic) bond motifs is 2. The van der Waals surface area contributed by atoms with E-state index in [1.807, 2.05) is 0 Å². The summed E-state index contributed by atoms with van der Waals surface area (Å²) in [6.07, 6.45) is 6.17. The lowest BCUT2D eigenvalue weighted by Gasteiger charge is -2.11. The van der Waals surface area contributed by atoms with Crippen LogP contribution in [0, 0.1) is 0 Å². The van der Waals surface area contributed by atoms with Gasteiger partial charge in [0.05, 0.1) is 10.9 Å². The molecule has 0 bridgehead atoms. The Morgan fingerprint density at radius 2 is 2.00 bits per heavy atom. The molecule has 0 saturated heterocycles. The number of aliphatic carboxylic acids is 1. The maximum atomic E-state index is 12.7. The quantitative estimate of drug-likeness (QED) is 0.728. The van der Waals surface area contributed by atoms with Crippen molar-refractivity contribution in [3.63, 3.8) is 0 Å². The average Bonchev–Trinajstić information content (AvgIpc) is 2.89. The Morgan fingerprint density at radius 1 is 1.15 bits per heavy atom. The fourth-order valence-corrected chi connectivity index (χ4v) is 3.44. The van der Waals surface area contributed by atoms with Crippen molar-refractivity contribution in [2.75, 3.05) is 6.54 Å². The van der Waals surface area contributed by atoms with E-state index < -0.39 is 5.97 Å². The standard InChI is InChI=1S/C20H25N3O4/c24-18(25)8-4-1-5-11-21-19(26)14-9-10-15-16(13-14)22-17-7-3-2-6-12-23(17)20(15)27/h9-10,13H,1-8,11-12H2,(H,21,26)(H,24,25). The van der Waals surface area contributed by atoms with Gasteiger partial charge in [-0.2, -0.15) is 0 Å². The molecule has 0 radical (unpaired) electrons. The molecule has 2 aromatic rings. The number of amides is 1. The van der Waals surface area contributed by atoms with Crippen molar-refractivity contribution < 1.29 is 14.7 Å². The third-order valence-electron chi connectivity index (χ3n) is 4.93. The minimum atomic E-state index is -0.795. The first-order valence-electron chi connectivity index (χ1n) is 9.60. The van der Waals surface area contributed by atoms with E-state index in [0.29, 0.717) is 36.0 Å². The molecule has 0 saturated carbocycles. The molecular formula is C20H25N3O4. The number of benzene rings is 1. The lowest BCUT2D eigenvalue weighted by molar-refractivity contribution is -0.137. The zero-order valence-corrected chi connectivity index (χ0v) is 15.4. The third-order valence-corrected chi connectivity index (χ3v) is 4.93. The Hall–Kier alpha value is -2.70. The molecule has 2 heterocycles. The molecule has 0 atom stereocenters. The molecule has 1 aliphatic rings. The highest BCUT2D eigenvalue weighted by atomic mass is 16.4. The van der Waals surface area contributed by atoms with Crippen LogP contribution < -0.4 is 10.9 Å². The van der Waals surface area contributed by atoms with Crippen molar-refractivity contribution in [1.82, 2.24) is 14.9 Å². The van der Waals surface area contributed by atoms with Gasteiger partial charge in [0.25, 0.3) is 11.5 Å². The average molecular weight is 371 g/mol. The van der Waals surface area contributed by atoms with Gasteiger partial charge in [0.2, 0.25) is 0 Å². The molecule has 0 fully saturated rings. The van der Waals surface area contributed by atoms with Crippen LogP contribution in [0.15, 0.2) is 23.0 Å². The summed E-state index contributed by atoms with van der Waals surface area (Å²) in [5, 5.41) is 12.0. The van der Waals surface area contributed by atoms with Gasteiger partial charge in [-0.3, -0.25) is 19.0 Å². The van der Waals surface area contributed by atoms with Crippen LogP contribution in [0.25, 0.3) is 10.9 Å². The Morgan fingerprint density at radius 3 is 2.81 bits per heavy atom. The first-order chi connectivity index (χ1) is 13.1. The number of carbonyl (C=O) groups is 2. The minimum absolute atomic E-state index is 0.0257. The Balaban J connectivity index is 1.68. The molecule has 3 rings (SSSR count). The summed E-state index contributed by atoms with van der Waals surface area (Å²) < 4.78 is 1.77. The normalized spacial score (nSPS) is 13.8. The summed E-state index contributed by atoms with van der Waals surface area (Å²) >= 11 is 0. The molecule has 1 aromatic carbocycles. The van der Waals surface area contributed by atoms with Crippen LogP contribution in [0.4, 0.5) is 0 Å². The first kappa shape index (κ1) is 19.1. The Kier molecular flexibility index (Phi) is 6.21. The van der Waals surface area contributed by atoms with Crippen molar-refractivity contribution in [3.8, 4) is 0 Å². The van der Waals surface area contributed by atoms with Crippen LogP contribution in [-0.4, -0.2) is 33.1 Å². The molecule has 7 nitrogen and oxygen atoms in total. The van der Waals surface area contributed by atoms with E-state index >= 15 is 0 Å². The first-order valence-corrected chi connectivity index (χ1v) is 9.60. The summed E-state index contributed by atoms with van der Waals surface area (Å²) in [5.74, 6) is -0.190. The van der Waals surface area contributed by atoms with E-state index in [4.69, 9.17) is 5.11 Å². The monoisotopic (exact) mass is 371 g/mol. The Labute approximate surface area is 157 Å². The Bertz CT molecular complexity index is 904. The second-order valence-electron chi connectivity index (χ2n) is 6.99. The largest absolute Gasteiger partial charge is 0.481 e. The summed E-state index contributed by atoms with van der Waals surface area (Å²) in [6, 6.07) is 5.03. The zero-order chi connectivity index (χ0) is 19.2. The predicted octanol–water partition coefficient (Wildman–Crippen LogP) is 2.50. The van der Waals surface area contributed by atoms with E-state index in [9.17, 15) is 14.4 Å². The van der Waals surface area contributed by atoms with Gasteiger partial charge in [-0.05, 0) is 43.9 Å². The summed E-state index contributed by atoms with van der Waals surface area (Å²) in [4.78, 5) is 40.2. The van der Waals surface area contributed by atoms with Crippen LogP contribution in [0.5, 0.6) is 0 Å². The number of hydrogen-bond acceptors (Lipinski definition) is 4. The van der Waals surface area contributed by atoms with Gasteiger partial charge in [0.15, 0.2) is 0 Å². The lowest BCUT2D eigenvalue weighted by Crippen LogP contribution is -2.26. The highest BCUT2D eigenvalue weighted by Crippen LogP contribution is 2.16. The molecular weight excluding hydrogens is 346 g/mol. The van der Waals surface area contributed by atoms with Crippen LogP contribution in [-0.2, 0) is 17.8 Å². The fourth-order valence-electron chi connectivity index (χ4n) is 3.44. The van der Waals surface area contributed by atoms with E-state index in [1.54, 1.807) is 22.8 Å². The summed E-state index contributed by atoms with van der Waals surface area (Å²) in [6.45, 7) is 1.21. The van der Waals surface area contributed by atoms with E-state index in [1.165, 1.54) is 0 Å². The third kappa shape index (κ3) is 4.72.